The van der Waals surface area contributed by atoms with Crippen molar-refractivity contribution in [2.75, 3.05) is 6.26 Å². The number of carbonyl (C=O) groups is 1. The Morgan fingerprint density at radius 1 is 1.53 bits per heavy atom. The van der Waals surface area contributed by atoms with Crippen molar-refractivity contribution in [3.8, 4) is 0 Å². The maximum atomic E-state index is 11.3. The molecule has 0 radical (unpaired) electrons. The number of nitrogens with one attached hydrogen (secondary N) is 1. The van der Waals surface area contributed by atoms with E-state index in [0.717, 1.165) is 6.26 Å². The predicted octanol–water partition coefficient (Wildman–Crippen LogP) is -4.40. The summed E-state index contributed by atoms with van der Waals surface area (Å²) < 4.78 is 24.8. The molecule has 0 aliphatic carbocycles. The van der Waals surface area contributed by atoms with E-state index in [9.17, 15) is 13.2 Å². The second-order valence-corrected chi connectivity index (χ2v) is 4.54. The molecule has 0 spiro atoms. The third kappa shape index (κ3) is 5.02. The number of rotatable bonds is 2. The van der Waals surface area contributed by atoms with Gasteiger partial charge in [0.15, 0.2) is 7.05 Å². The van der Waals surface area contributed by atoms with Crippen LogP contribution in [0, 0.1) is 0 Å². The third-order valence-electron chi connectivity index (χ3n) is 1.37. The number of amides is 1. The van der Waals surface area contributed by atoms with E-state index in [0.29, 0.717) is 0 Å². The first kappa shape index (κ1) is 14.2. The van der Waals surface area contributed by atoms with Crippen LogP contribution in [-0.4, -0.2) is 25.7 Å². The Kier molecular flexibility index (Phi) is 5.08. The van der Waals surface area contributed by atoms with Gasteiger partial charge in [0.1, 0.15) is 5.56 Å². The summed E-state index contributed by atoms with van der Waals surface area (Å²) in [6.07, 6.45) is 3.77. The average Bonchev–Trinajstić information content (AvgIpc) is 2.01. The quantitative estimate of drug-likeness (QED) is 0.435. The lowest BCUT2D eigenvalue weighted by Gasteiger charge is -1.99. The van der Waals surface area contributed by atoms with Crippen LogP contribution in [0.5, 0.6) is 0 Å². The van der Waals surface area contributed by atoms with Crippen LogP contribution in [0.1, 0.15) is 10.4 Å². The summed E-state index contributed by atoms with van der Waals surface area (Å²) >= 11 is 0. The molecule has 8 heteroatoms. The van der Waals surface area contributed by atoms with Crippen molar-refractivity contribution < 1.29 is 41.9 Å². The van der Waals surface area contributed by atoms with Crippen molar-refractivity contribution in [2.45, 2.75) is 0 Å². The Bertz CT molecular complexity index is 460. The third-order valence-corrected chi connectivity index (χ3v) is 1.93. The first-order chi connectivity index (χ1) is 6.38. The maximum Gasteiger partial charge on any atom is 0.270 e. The number of hydrogen-bond acceptors (Lipinski definition) is 4. The first-order valence-electron chi connectivity index (χ1n) is 3.72. The second-order valence-electron chi connectivity index (χ2n) is 2.79. The molecule has 6 nitrogen and oxygen atoms in total. The highest BCUT2D eigenvalue weighted by Gasteiger charge is 2.13. The number of sulfonamides is 1. The molecule has 1 amide bonds. The van der Waals surface area contributed by atoms with Gasteiger partial charge >= 0.3 is 0 Å². The number of nitrogens with zero attached hydrogens (tertiary/aromatic N) is 2. The van der Waals surface area contributed by atoms with Crippen LogP contribution in [-0.2, 0) is 17.1 Å². The molecule has 15 heavy (non-hydrogen) atoms. The number of aryl methyl sites for hydroxylation is 1. The van der Waals surface area contributed by atoms with Crippen molar-refractivity contribution >= 4 is 15.9 Å². The molecule has 0 aromatic carbocycles. The van der Waals surface area contributed by atoms with Crippen molar-refractivity contribution in [3.05, 3.63) is 24.0 Å². The summed E-state index contributed by atoms with van der Waals surface area (Å²) in [6.45, 7) is 0. The molecule has 84 valence electrons. The number of halogens is 1. The van der Waals surface area contributed by atoms with E-state index in [1.165, 1.54) is 23.1 Å². The van der Waals surface area contributed by atoms with Gasteiger partial charge in [-0.25, -0.2) is 13.1 Å². The minimum atomic E-state index is -3.51. The molecule has 0 saturated heterocycles. The lowest BCUT2D eigenvalue weighted by Crippen LogP contribution is -3.00. The monoisotopic (exact) mass is 343 g/mol. The van der Waals surface area contributed by atoms with Gasteiger partial charge in [0.05, 0.1) is 12.5 Å². The molecule has 0 atom stereocenters. The van der Waals surface area contributed by atoms with Gasteiger partial charge in [-0.2, -0.15) is 0 Å². The molecule has 1 rings (SSSR count). The highest BCUT2D eigenvalue weighted by Crippen LogP contribution is 1.93. The molecule has 0 unspecified atom stereocenters. The highest BCUT2D eigenvalue weighted by atomic mass is 127. The first-order valence-corrected chi connectivity index (χ1v) is 5.62. The van der Waals surface area contributed by atoms with Crippen LogP contribution < -0.4 is 33.4 Å². The minimum Gasteiger partial charge on any atom is -1.00 e. The average molecular weight is 343 g/mol. The number of aromatic nitrogens is 2. The lowest BCUT2D eigenvalue weighted by molar-refractivity contribution is -0.731. The summed E-state index contributed by atoms with van der Waals surface area (Å²) in [5, 5.41) is 3.81. The number of carbonyl (C=O) groups excluding carboxylic acids is 1. The topological polar surface area (TPSA) is 80.0 Å². The molecule has 0 aliphatic rings. The Balaban J connectivity index is 0.00000196. The fourth-order valence-electron chi connectivity index (χ4n) is 0.858. The fourth-order valence-corrected chi connectivity index (χ4v) is 1.31. The zero-order valence-electron chi connectivity index (χ0n) is 8.14. The van der Waals surface area contributed by atoms with Gasteiger partial charge in [0.2, 0.25) is 16.2 Å². The van der Waals surface area contributed by atoms with E-state index in [4.69, 9.17) is 0 Å². The predicted molar refractivity (Wildman–Crippen MR) is 47.7 cm³/mol. The van der Waals surface area contributed by atoms with Crippen molar-refractivity contribution in [1.29, 1.82) is 0 Å². The van der Waals surface area contributed by atoms with Crippen LogP contribution in [0.4, 0.5) is 0 Å². The molecule has 1 aromatic rings. The van der Waals surface area contributed by atoms with Crippen LogP contribution in [0.3, 0.4) is 0 Å². The Morgan fingerprint density at radius 2 is 2.13 bits per heavy atom. The van der Waals surface area contributed by atoms with Crippen molar-refractivity contribution in [2.24, 2.45) is 7.05 Å². The van der Waals surface area contributed by atoms with E-state index >= 15 is 0 Å². The molecule has 0 fully saturated rings. The van der Waals surface area contributed by atoms with E-state index in [1.54, 1.807) is 7.05 Å². The van der Waals surface area contributed by atoms with E-state index in [-0.39, 0.29) is 29.5 Å². The van der Waals surface area contributed by atoms with Crippen LogP contribution in [0.2, 0.25) is 0 Å². The zero-order chi connectivity index (χ0) is 10.8. The largest absolute Gasteiger partial charge is 1.00 e. The molecule has 0 saturated carbocycles. The Morgan fingerprint density at radius 3 is 2.60 bits per heavy atom. The SMILES string of the molecule is C[n+]1cc(C(=O)NS(C)(=O)=O)ccn1.[I-]. The van der Waals surface area contributed by atoms with Gasteiger partial charge in [-0.05, 0) is 11.2 Å². The van der Waals surface area contributed by atoms with Crippen molar-refractivity contribution in [3.63, 3.8) is 0 Å². The summed E-state index contributed by atoms with van der Waals surface area (Å²) in [5.41, 5.74) is 0.243. The molecule has 1 heterocycles. The minimum absolute atomic E-state index is 0. The van der Waals surface area contributed by atoms with Gasteiger partial charge in [-0.1, -0.05) is 4.68 Å². The Labute approximate surface area is 105 Å². The normalized spacial score (nSPS) is 10.3. The lowest BCUT2D eigenvalue weighted by atomic mass is 10.3. The van der Waals surface area contributed by atoms with Gasteiger partial charge in [-0.15, -0.1) is 0 Å². The maximum absolute atomic E-state index is 11.3. The van der Waals surface area contributed by atoms with Crippen LogP contribution in [0.25, 0.3) is 0 Å². The summed E-state index contributed by atoms with van der Waals surface area (Å²) in [6, 6.07) is 1.43. The van der Waals surface area contributed by atoms with Crippen molar-refractivity contribution in [1.82, 2.24) is 9.82 Å². The smallest absolute Gasteiger partial charge is 0.270 e. The second kappa shape index (κ2) is 5.35. The van der Waals surface area contributed by atoms with E-state index in [1.807, 2.05) is 4.72 Å². The molecule has 0 bridgehead atoms. The zero-order valence-corrected chi connectivity index (χ0v) is 11.1. The van der Waals surface area contributed by atoms with Gasteiger partial charge in [-0.3, -0.25) is 4.79 Å². The summed E-state index contributed by atoms with van der Waals surface area (Å²) in [5.74, 6) is -0.662. The standard InChI is InChI=1S/C7H9N3O3S.HI/c1-10-5-6(3-4-8-10)7(11)9-14(2,12)13;/h3-5H,1-2H3;1H. The molecule has 0 aliphatic heterocycles. The molecular weight excluding hydrogens is 333 g/mol. The molecule has 1 aromatic heterocycles. The van der Waals surface area contributed by atoms with E-state index < -0.39 is 15.9 Å². The molecule has 1 N–H and O–H groups in total. The van der Waals surface area contributed by atoms with Crippen LogP contribution in [0.15, 0.2) is 18.5 Å². The van der Waals surface area contributed by atoms with Gasteiger partial charge in [0, 0.05) is 0 Å². The van der Waals surface area contributed by atoms with Gasteiger partial charge < -0.3 is 24.0 Å². The van der Waals surface area contributed by atoms with Gasteiger partial charge in [0.25, 0.3) is 5.91 Å². The number of hydrogen-bond donors (Lipinski definition) is 1. The van der Waals surface area contributed by atoms with Crippen LogP contribution >= 0.6 is 0 Å². The molecular formula is C7H10IN3O3S. The Hall–Kier alpha value is -0.770. The highest BCUT2D eigenvalue weighted by molar-refractivity contribution is 7.89. The van der Waals surface area contributed by atoms with E-state index in [2.05, 4.69) is 5.10 Å². The summed E-state index contributed by atoms with van der Waals surface area (Å²) in [7, 11) is -1.88. The summed E-state index contributed by atoms with van der Waals surface area (Å²) in [4.78, 5) is 11.3. The fraction of sp³-hybridized carbons (Fsp3) is 0.286.